The zero-order valence-electron chi connectivity index (χ0n) is 16.9. The van der Waals surface area contributed by atoms with Gasteiger partial charge in [-0.15, -0.1) is 0 Å². The summed E-state index contributed by atoms with van der Waals surface area (Å²) in [4.78, 5) is 0. The second-order valence-electron chi connectivity index (χ2n) is 7.18. The predicted molar refractivity (Wildman–Crippen MR) is 107 cm³/mol. The first-order chi connectivity index (χ1) is 11.6. The first-order valence-corrected chi connectivity index (χ1v) is 14.5. The smallest absolute Gasteiger partial charge is 0.420 e. The van der Waals surface area contributed by atoms with E-state index in [1.165, 1.54) is 63.1 Å². The summed E-state index contributed by atoms with van der Waals surface area (Å²) in [6, 6.07) is 5.00. The van der Waals surface area contributed by atoms with Crippen molar-refractivity contribution >= 4 is 17.0 Å². The maximum atomic E-state index is 5.89. The van der Waals surface area contributed by atoms with Crippen LogP contribution in [0.5, 0.6) is 0 Å². The van der Waals surface area contributed by atoms with Gasteiger partial charge in [0, 0.05) is 27.4 Å². The van der Waals surface area contributed by atoms with Gasteiger partial charge in [-0.3, -0.25) is 4.57 Å². The highest BCUT2D eigenvalue weighted by molar-refractivity contribution is 6.73. The van der Waals surface area contributed by atoms with Gasteiger partial charge in [-0.1, -0.05) is 46.0 Å². The van der Waals surface area contributed by atoms with E-state index in [0.29, 0.717) is 0 Å². The molecule has 0 bridgehead atoms. The molecule has 0 aliphatic carbocycles. The van der Waals surface area contributed by atoms with Gasteiger partial charge in [0.2, 0.25) is 0 Å². The fourth-order valence-corrected chi connectivity index (χ4v) is 9.99. The van der Waals surface area contributed by atoms with Crippen molar-refractivity contribution in [2.24, 2.45) is 0 Å². The van der Waals surface area contributed by atoms with Crippen LogP contribution in [0.1, 0.15) is 58.8 Å². The van der Waals surface area contributed by atoms with Crippen LogP contribution in [0, 0.1) is 0 Å². The Balaban J connectivity index is 2.09. The molecule has 0 atom stereocenters. The average molecular weight is 376 g/mol. The lowest BCUT2D eigenvalue weighted by atomic mass is 10.1. The molecule has 1 aliphatic heterocycles. The molecule has 0 amide bonds. The number of rotatable bonds is 14. The summed E-state index contributed by atoms with van der Waals surface area (Å²) >= 11 is 0. The van der Waals surface area contributed by atoms with Gasteiger partial charge in [0.15, 0.2) is 8.32 Å². The normalized spacial score (nSPS) is 18.4. The Labute approximate surface area is 152 Å². The van der Waals surface area contributed by atoms with E-state index in [2.05, 4.69) is 18.4 Å². The van der Waals surface area contributed by atoms with E-state index in [1.54, 1.807) is 0 Å². The summed E-state index contributed by atoms with van der Waals surface area (Å²) in [5.74, 6) is 0. The maximum Gasteiger partial charge on any atom is 0.427 e. The molecule has 1 aliphatic rings. The van der Waals surface area contributed by atoms with Gasteiger partial charge in [0.1, 0.15) is 0 Å². The minimum absolute atomic E-state index is 1.12. The highest BCUT2D eigenvalue weighted by atomic mass is 28.4. The quantitative estimate of drug-likeness (QED) is 0.319. The van der Waals surface area contributed by atoms with Crippen LogP contribution in [0.2, 0.25) is 24.2 Å². The van der Waals surface area contributed by atoms with E-state index in [1.807, 2.05) is 21.3 Å². The lowest BCUT2D eigenvalue weighted by Gasteiger charge is -2.31. The Kier molecular flexibility index (Phi) is 11.0. The molecule has 0 aromatic carbocycles. The van der Waals surface area contributed by atoms with Gasteiger partial charge in [-0.25, -0.2) is 0 Å². The third-order valence-corrected chi connectivity index (χ3v) is 14.5. The Morgan fingerprint density at radius 3 is 2.00 bits per heavy atom. The monoisotopic (exact) mass is 375 g/mol. The Bertz CT molecular complexity index is 315. The van der Waals surface area contributed by atoms with Gasteiger partial charge in [-0.05, 0) is 44.1 Å². The Hall–Kier alpha value is 0.274. The standard InChI is InChI=1S/C18H41NO3Si2/c1-6-23(7-2,20-3)17-13-11-9-8-10-12-15-19-16-14-18-24(19,21-4)22-5/h6-18H2,1-5H3. The lowest BCUT2D eigenvalue weighted by molar-refractivity contribution is 0.181. The van der Waals surface area contributed by atoms with E-state index in [0.717, 1.165) is 19.1 Å². The molecule has 144 valence electrons. The van der Waals surface area contributed by atoms with Gasteiger partial charge in [-0.2, -0.15) is 0 Å². The van der Waals surface area contributed by atoms with Crippen molar-refractivity contribution in [3.8, 4) is 0 Å². The van der Waals surface area contributed by atoms with Crippen molar-refractivity contribution in [3.05, 3.63) is 0 Å². The molecule has 0 N–H and O–H groups in total. The fraction of sp³-hybridized carbons (Fsp3) is 1.00. The summed E-state index contributed by atoms with van der Waals surface area (Å²) in [7, 11) is 2.21. The van der Waals surface area contributed by atoms with Crippen molar-refractivity contribution < 1.29 is 13.3 Å². The molecule has 0 aromatic heterocycles. The number of hydrogen-bond acceptors (Lipinski definition) is 4. The minimum atomic E-state index is -2.00. The molecule has 1 rings (SSSR count). The topological polar surface area (TPSA) is 30.9 Å². The second-order valence-corrected chi connectivity index (χ2v) is 15.2. The number of hydrogen-bond donors (Lipinski definition) is 0. The van der Waals surface area contributed by atoms with Crippen LogP contribution in [0.25, 0.3) is 0 Å². The highest BCUT2D eigenvalue weighted by Crippen LogP contribution is 2.28. The largest absolute Gasteiger partial charge is 0.427 e. The van der Waals surface area contributed by atoms with Crippen LogP contribution in [-0.2, 0) is 13.3 Å². The van der Waals surface area contributed by atoms with Gasteiger partial charge in [0.25, 0.3) is 0 Å². The SMILES string of the molecule is CC[Si](CC)(CCCCCCCCN1CCC[Si]1(OC)OC)OC. The van der Waals surface area contributed by atoms with E-state index >= 15 is 0 Å². The highest BCUT2D eigenvalue weighted by Gasteiger charge is 2.46. The molecule has 1 saturated heterocycles. The Morgan fingerprint density at radius 2 is 1.46 bits per heavy atom. The van der Waals surface area contributed by atoms with E-state index in [-0.39, 0.29) is 0 Å². The first-order valence-electron chi connectivity index (χ1n) is 10.0. The Morgan fingerprint density at radius 1 is 0.875 bits per heavy atom. The average Bonchev–Trinajstić information content (AvgIpc) is 3.04. The molecular weight excluding hydrogens is 334 g/mol. The molecule has 0 aromatic rings. The molecule has 0 saturated carbocycles. The van der Waals surface area contributed by atoms with Crippen LogP contribution < -0.4 is 0 Å². The number of nitrogens with zero attached hydrogens (tertiary/aromatic N) is 1. The van der Waals surface area contributed by atoms with Crippen molar-refractivity contribution in [3.63, 3.8) is 0 Å². The maximum absolute atomic E-state index is 5.89. The van der Waals surface area contributed by atoms with E-state index in [4.69, 9.17) is 13.3 Å². The molecule has 24 heavy (non-hydrogen) atoms. The first kappa shape index (κ1) is 22.3. The summed E-state index contributed by atoms with van der Waals surface area (Å²) in [5, 5.41) is 0. The van der Waals surface area contributed by atoms with Crippen LogP contribution in [0.15, 0.2) is 0 Å². The van der Waals surface area contributed by atoms with Gasteiger partial charge >= 0.3 is 8.72 Å². The molecule has 0 unspecified atom stereocenters. The van der Waals surface area contributed by atoms with Crippen molar-refractivity contribution in [2.45, 2.75) is 83.0 Å². The van der Waals surface area contributed by atoms with Crippen LogP contribution >= 0.6 is 0 Å². The molecule has 4 nitrogen and oxygen atoms in total. The molecule has 1 fully saturated rings. The molecule has 6 heteroatoms. The van der Waals surface area contributed by atoms with E-state index in [9.17, 15) is 0 Å². The summed E-state index contributed by atoms with van der Waals surface area (Å²) in [6.07, 6.45) is 9.31. The van der Waals surface area contributed by atoms with Crippen molar-refractivity contribution in [1.82, 2.24) is 4.57 Å². The number of unbranched alkanes of at least 4 members (excludes halogenated alkanes) is 5. The van der Waals surface area contributed by atoms with Crippen LogP contribution in [0.4, 0.5) is 0 Å². The lowest BCUT2D eigenvalue weighted by Crippen LogP contribution is -2.53. The third kappa shape index (κ3) is 6.21. The fourth-order valence-electron chi connectivity index (χ4n) is 4.10. The van der Waals surface area contributed by atoms with Crippen LogP contribution in [-0.4, -0.2) is 56.0 Å². The van der Waals surface area contributed by atoms with Crippen molar-refractivity contribution in [1.29, 1.82) is 0 Å². The summed E-state index contributed by atoms with van der Waals surface area (Å²) in [5.41, 5.74) is 0. The third-order valence-electron chi connectivity index (χ3n) is 6.07. The summed E-state index contributed by atoms with van der Waals surface area (Å²) in [6.45, 7) is 6.92. The van der Waals surface area contributed by atoms with Crippen molar-refractivity contribution in [2.75, 3.05) is 34.4 Å². The molecule has 0 radical (unpaired) electrons. The minimum Gasteiger partial charge on any atom is -0.420 e. The second kappa shape index (κ2) is 11.8. The van der Waals surface area contributed by atoms with E-state index < -0.39 is 17.0 Å². The zero-order chi connectivity index (χ0) is 17.9. The van der Waals surface area contributed by atoms with Gasteiger partial charge in [0.05, 0.1) is 0 Å². The summed E-state index contributed by atoms with van der Waals surface area (Å²) < 4.78 is 19.9. The molecule has 1 heterocycles. The molecule has 0 spiro atoms. The molecular formula is C18H41NO3Si2. The van der Waals surface area contributed by atoms with Gasteiger partial charge < -0.3 is 13.3 Å². The predicted octanol–water partition coefficient (Wildman–Crippen LogP) is 4.90. The zero-order valence-corrected chi connectivity index (χ0v) is 18.9. The van der Waals surface area contributed by atoms with Crippen LogP contribution in [0.3, 0.4) is 0 Å².